The zero-order chi connectivity index (χ0) is 23.8. The predicted octanol–water partition coefficient (Wildman–Crippen LogP) is -0.0153. The van der Waals surface area contributed by atoms with E-state index in [1.54, 1.807) is 19.1 Å². The van der Waals surface area contributed by atoms with E-state index in [2.05, 4.69) is 10.6 Å². The van der Waals surface area contributed by atoms with Crippen LogP contribution in [0.4, 0.5) is 0 Å². The van der Waals surface area contributed by atoms with Crippen LogP contribution < -0.4 is 16.4 Å². The number of phenols is 1. The van der Waals surface area contributed by atoms with Gasteiger partial charge in [0.1, 0.15) is 17.8 Å². The maximum atomic E-state index is 12.7. The van der Waals surface area contributed by atoms with Gasteiger partial charge < -0.3 is 31.5 Å². The summed E-state index contributed by atoms with van der Waals surface area (Å²) in [6.07, 6.45) is 1.86. The molecule has 1 heterocycles. The number of phenolic OH excluding ortho intramolecular Hbond substituents is 1. The van der Waals surface area contributed by atoms with E-state index in [4.69, 9.17) is 5.73 Å². The molecule has 0 aliphatic carbocycles. The third kappa shape index (κ3) is 6.68. The van der Waals surface area contributed by atoms with Crippen molar-refractivity contribution in [1.82, 2.24) is 15.5 Å². The highest BCUT2D eigenvalue weighted by molar-refractivity contribution is 5.93. The van der Waals surface area contributed by atoms with Crippen molar-refractivity contribution in [3.8, 4) is 5.75 Å². The van der Waals surface area contributed by atoms with Crippen molar-refractivity contribution in [3.05, 3.63) is 29.8 Å². The maximum absolute atomic E-state index is 12.7. The normalized spacial score (nSPS) is 18.5. The maximum Gasteiger partial charge on any atom is 0.326 e. The van der Waals surface area contributed by atoms with E-state index in [-0.39, 0.29) is 24.6 Å². The van der Waals surface area contributed by atoms with Crippen molar-refractivity contribution in [2.75, 3.05) is 13.1 Å². The largest absolute Gasteiger partial charge is 0.508 e. The number of hydrogen-bond acceptors (Lipinski definition) is 6. The summed E-state index contributed by atoms with van der Waals surface area (Å²) < 4.78 is 0. The number of rotatable bonds is 10. The van der Waals surface area contributed by atoms with Gasteiger partial charge in [0.2, 0.25) is 17.7 Å². The van der Waals surface area contributed by atoms with Crippen molar-refractivity contribution in [2.45, 2.75) is 57.7 Å². The van der Waals surface area contributed by atoms with Crippen molar-refractivity contribution in [1.29, 1.82) is 0 Å². The smallest absolute Gasteiger partial charge is 0.326 e. The molecular formula is C22H32N4O6. The zero-order valence-electron chi connectivity index (χ0n) is 18.4. The van der Waals surface area contributed by atoms with Crippen LogP contribution in [-0.2, 0) is 25.6 Å². The summed E-state index contributed by atoms with van der Waals surface area (Å²) >= 11 is 0. The quantitative estimate of drug-likeness (QED) is 0.336. The molecule has 0 radical (unpaired) electrons. The summed E-state index contributed by atoms with van der Waals surface area (Å²) in [6.45, 7) is 3.63. The van der Waals surface area contributed by atoms with Crippen LogP contribution in [0.15, 0.2) is 24.3 Å². The SMILES string of the molecule is CCC(C)C(NC(=O)C1CCCN1C(=O)CNC(=O)C(N)Cc1ccc(O)cc1)C(=O)O. The second kappa shape index (κ2) is 11.5. The zero-order valence-corrected chi connectivity index (χ0v) is 18.4. The fourth-order valence-corrected chi connectivity index (χ4v) is 3.64. The van der Waals surface area contributed by atoms with Crippen LogP contribution in [0.2, 0.25) is 0 Å². The molecule has 1 aliphatic heterocycles. The summed E-state index contributed by atoms with van der Waals surface area (Å²) in [6, 6.07) is 3.64. The molecule has 0 aromatic heterocycles. The van der Waals surface area contributed by atoms with Gasteiger partial charge in [0, 0.05) is 6.54 Å². The van der Waals surface area contributed by atoms with Gasteiger partial charge >= 0.3 is 5.97 Å². The Kier molecular flexibility index (Phi) is 9.01. The second-order valence-electron chi connectivity index (χ2n) is 8.15. The van der Waals surface area contributed by atoms with Crippen LogP contribution in [0.1, 0.15) is 38.7 Å². The van der Waals surface area contributed by atoms with E-state index >= 15 is 0 Å². The van der Waals surface area contributed by atoms with Gasteiger partial charge in [0.05, 0.1) is 12.6 Å². The highest BCUT2D eigenvalue weighted by atomic mass is 16.4. The van der Waals surface area contributed by atoms with Crippen LogP contribution in [0.25, 0.3) is 0 Å². The summed E-state index contributed by atoms with van der Waals surface area (Å²) in [5.74, 6) is -2.69. The molecule has 1 aliphatic rings. The van der Waals surface area contributed by atoms with Crippen molar-refractivity contribution in [3.63, 3.8) is 0 Å². The monoisotopic (exact) mass is 448 g/mol. The van der Waals surface area contributed by atoms with Gasteiger partial charge in [0.25, 0.3) is 0 Å². The number of nitrogens with one attached hydrogen (secondary N) is 2. The van der Waals surface area contributed by atoms with E-state index in [0.717, 1.165) is 5.56 Å². The van der Waals surface area contributed by atoms with Gasteiger partial charge in [-0.05, 0) is 42.9 Å². The molecule has 1 fully saturated rings. The lowest BCUT2D eigenvalue weighted by atomic mass is 9.99. The molecule has 1 aromatic rings. The van der Waals surface area contributed by atoms with Gasteiger partial charge in [-0.3, -0.25) is 14.4 Å². The molecule has 0 spiro atoms. The first-order valence-electron chi connectivity index (χ1n) is 10.8. The van der Waals surface area contributed by atoms with E-state index in [1.807, 2.05) is 6.92 Å². The predicted molar refractivity (Wildman–Crippen MR) is 117 cm³/mol. The number of carbonyl (C=O) groups is 4. The van der Waals surface area contributed by atoms with Gasteiger partial charge in [0.15, 0.2) is 0 Å². The minimum atomic E-state index is -1.11. The van der Waals surface area contributed by atoms with Crippen LogP contribution in [0, 0.1) is 5.92 Å². The topological polar surface area (TPSA) is 162 Å². The number of carbonyl (C=O) groups excluding carboxylic acids is 3. The molecule has 0 bridgehead atoms. The number of amides is 3. The molecule has 1 aromatic carbocycles. The summed E-state index contributed by atoms with van der Waals surface area (Å²) in [4.78, 5) is 50.5. The summed E-state index contributed by atoms with van der Waals surface area (Å²) in [5, 5.41) is 23.8. The molecule has 10 heteroatoms. The number of aromatic hydroxyl groups is 1. The molecule has 4 unspecified atom stereocenters. The first kappa shape index (κ1) is 25.1. The molecule has 4 atom stereocenters. The highest BCUT2D eigenvalue weighted by Crippen LogP contribution is 2.19. The number of carboxylic acid groups (broad SMARTS) is 1. The number of nitrogens with zero attached hydrogens (tertiary/aromatic N) is 1. The minimum Gasteiger partial charge on any atom is -0.508 e. The Hall–Kier alpha value is -3.14. The van der Waals surface area contributed by atoms with E-state index in [9.17, 15) is 29.4 Å². The molecular weight excluding hydrogens is 416 g/mol. The minimum absolute atomic E-state index is 0.111. The Bertz CT molecular complexity index is 828. The number of hydrogen-bond donors (Lipinski definition) is 5. The highest BCUT2D eigenvalue weighted by Gasteiger charge is 2.36. The lowest BCUT2D eigenvalue weighted by Gasteiger charge is -2.27. The fourth-order valence-electron chi connectivity index (χ4n) is 3.64. The Morgan fingerprint density at radius 1 is 1.22 bits per heavy atom. The summed E-state index contributed by atoms with van der Waals surface area (Å²) in [7, 11) is 0. The summed E-state index contributed by atoms with van der Waals surface area (Å²) in [5.41, 5.74) is 6.67. The molecule has 176 valence electrons. The average Bonchev–Trinajstić information content (AvgIpc) is 3.26. The van der Waals surface area contributed by atoms with Gasteiger partial charge in [-0.1, -0.05) is 32.4 Å². The molecule has 2 rings (SSSR count). The fraction of sp³-hybridized carbons (Fsp3) is 0.545. The molecule has 0 saturated carbocycles. The van der Waals surface area contributed by atoms with Crippen molar-refractivity contribution in [2.24, 2.45) is 11.7 Å². The number of nitrogens with two attached hydrogens (primary N) is 1. The van der Waals surface area contributed by atoms with Gasteiger partial charge in [-0.2, -0.15) is 0 Å². The Labute approximate surface area is 187 Å². The molecule has 6 N–H and O–H groups in total. The van der Waals surface area contributed by atoms with Crippen LogP contribution in [-0.4, -0.2) is 70.0 Å². The van der Waals surface area contributed by atoms with Gasteiger partial charge in [-0.15, -0.1) is 0 Å². The lowest BCUT2D eigenvalue weighted by Crippen LogP contribution is -2.54. The number of carboxylic acids is 1. The Morgan fingerprint density at radius 2 is 1.88 bits per heavy atom. The first-order valence-corrected chi connectivity index (χ1v) is 10.8. The van der Waals surface area contributed by atoms with Gasteiger partial charge in [-0.25, -0.2) is 4.79 Å². The van der Waals surface area contributed by atoms with Crippen LogP contribution in [0.5, 0.6) is 5.75 Å². The first-order chi connectivity index (χ1) is 15.1. The third-order valence-electron chi connectivity index (χ3n) is 5.80. The average molecular weight is 449 g/mol. The molecule has 3 amide bonds. The van der Waals surface area contributed by atoms with E-state index < -0.39 is 41.8 Å². The number of benzene rings is 1. The van der Waals surface area contributed by atoms with E-state index in [0.29, 0.717) is 25.8 Å². The Morgan fingerprint density at radius 3 is 2.47 bits per heavy atom. The number of aliphatic carboxylic acids is 1. The molecule has 32 heavy (non-hydrogen) atoms. The molecule has 10 nitrogen and oxygen atoms in total. The van der Waals surface area contributed by atoms with Crippen molar-refractivity contribution >= 4 is 23.7 Å². The lowest BCUT2D eigenvalue weighted by molar-refractivity contribution is -0.145. The Balaban J connectivity index is 1.89. The van der Waals surface area contributed by atoms with Crippen molar-refractivity contribution < 1.29 is 29.4 Å². The van der Waals surface area contributed by atoms with Crippen LogP contribution >= 0.6 is 0 Å². The third-order valence-corrected chi connectivity index (χ3v) is 5.80. The van der Waals surface area contributed by atoms with Crippen LogP contribution in [0.3, 0.4) is 0 Å². The van der Waals surface area contributed by atoms with E-state index in [1.165, 1.54) is 17.0 Å². The second-order valence-corrected chi connectivity index (χ2v) is 8.15. The standard InChI is InChI=1S/C22H32N4O6/c1-3-13(2)19(22(31)32)25-21(30)17-5-4-10-26(17)18(28)12-24-20(29)16(23)11-14-6-8-15(27)9-7-14/h6-9,13,16-17,19,27H,3-5,10-12,23H2,1-2H3,(H,24,29)(H,25,30)(H,31,32). The molecule has 1 saturated heterocycles. The number of likely N-dealkylation sites (tertiary alicyclic amines) is 1.